The van der Waals surface area contributed by atoms with Crippen LogP contribution in [-0.2, 0) is 0 Å². The van der Waals surface area contributed by atoms with E-state index in [9.17, 15) is 19.3 Å². The van der Waals surface area contributed by atoms with Crippen molar-refractivity contribution in [1.82, 2.24) is 4.98 Å². The second-order valence-corrected chi connectivity index (χ2v) is 4.69. The van der Waals surface area contributed by atoms with Crippen molar-refractivity contribution in [3.05, 3.63) is 62.6 Å². The molecule has 102 valence electrons. The third-order valence-electron chi connectivity index (χ3n) is 2.31. The van der Waals surface area contributed by atoms with E-state index in [1.165, 1.54) is 12.3 Å². The van der Waals surface area contributed by atoms with Crippen molar-refractivity contribution in [3.63, 3.8) is 0 Å². The number of halogens is 2. The van der Waals surface area contributed by atoms with E-state index < -0.39 is 22.3 Å². The Hall–Kier alpha value is -2.35. The number of amides is 1. The summed E-state index contributed by atoms with van der Waals surface area (Å²) in [5.41, 5.74) is -0.337. The lowest BCUT2D eigenvalue weighted by molar-refractivity contribution is -0.385. The van der Waals surface area contributed by atoms with E-state index in [1.54, 1.807) is 6.07 Å². The number of nitro groups is 1. The van der Waals surface area contributed by atoms with Crippen molar-refractivity contribution in [2.24, 2.45) is 0 Å². The predicted molar refractivity (Wildman–Crippen MR) is 72.9 cm³/mol. The number of rotatable bonds is 3. The standard InChI is InChI=1S/C12H7BrFN3O3/c13-7-1-2-11(15-6-7)12(18)16-9-3-8(14)4-10(5-9)17(19)20/h1-6H,(H,16,18). The van der Waals surface area contributed by atoms with Crippen LogP contribution in [0.1, 0.15) is 10.5 Å². The molecule has 1 amide bonds. The van der Waals surface area contributed by atoms with Gasteiger partial charge in [0.15, 0.2) is 0 Å². The SMILES string of the molecule is O=C(Nc1cc(F)cc([N+](=O)[O-])c1)c1ccc(Br)cn1. The summed E-state index contributed by atoms with van der Waals surface area (Å²) < 4.78 is 13.9. The van der Waals surface area contributed by atoms with Gasteiger partial charge >= 0.3 is 0 Å². The van der Waals surface area contributed by atoms with Crippen LogP contribution in [0.4, 0.5) is 15.8 Å². The Balaban J connectivity index is 2.23. The number of nitrogens with one attached hydrogen (secondary N) is 1. The lowest BCUT2D eigenvalue weighted by atomic mass is 10.2. The van der Waals surface area contributed by atoms with Gasteiger partial charge in [-0.05, 0) is 34.1 Å². The number of aromatic nitrogens is 1. The molecule has 0 saturated heterocycles. The lowest BCUT2D eigenvalue weighted by Crippen LogP contribution is -2.13. The Morgan fingerprint density at radius 2 is 2.10 bits per heavy atom. The molecule has 0 aliphatic heterocycles. The Bertz CT molecular complexity index is 676. The van der Waals surface area contributed by atoms with Gasteiger partial charge in [-0.25, -0.2) is 9.37 Å². The molecule has 2 aromatic rings. The van der Waals surface area contributed by atoms with Crippen LogP contribution >= 0.6 is 15.9 Å². The second-order valence-electron chi connectivity index (χ2n) is 3.77. The molecule has 6 nitrogen and oxygen atoms in total. The maximum atomic E-state index is 13.2. The highest BCUT2D eigenvalue weighted by molar-refractivity contribution is 9.10. The van der Waals surface area contributed by atoms with Crippen LogP contribution in [0.3, 0.4) is 0 Å². The van der Waals surface area contributed by atoms with Gasteiger partial charge in [-0.1, -0.05) is 0 Å². The summed E-state index contributed by atoms with van der Waals surface area (Å²) in [6.07, 6.45) is 1.43. The molecule has 1 N–H and O–H groups in total. The molecule has 1 aromatic carbocycles. The molecule has 0 aliphatic rings. The lowest BCUT2D eigenvalue weighted by Gasteiger charge is -2.05. The summed E-state index contributed by atoms with van der Waals surface area (Å²) in [6.45, 7) is 0. The molecule has 0 aliphatic carbocycles. The molecule has 0 bridgehead atoms. The number of hydrogen-bond acceptors (Lipinski definition) is 4. The first-order valence-electron chi connectivity index (χ1n) is 5.33. The van der Waals surface area contributed by atoms with E-state index in [4.69, 9.17) is 0 Å². The van der Waals surface area contributed by atoms with E-state index in [1.807, 2.05) is 0 Å². The Morgan fingerprint density at radius 3 is 2.70 bits per heavy atom. The summed E-state index contributed by atoms with van der Waals surface area (Å²) in [5, 5.41) is 13.0. The average molecular weight is 340 g/mol. The number of pyridine rings is 1. The van der Waals surface area contributed by atoms with Gasteiger partial charge in [0.1, 0.15) is 11.5 Å². The fourth-order valence-corrected chi connectivity index (χ4v) is 1.69. The maximum absolute atomic E-state index is 13.2. The van der Waals surface area contributed by atoms with Gasteiger partial charge in [-0.15, -0.1) is 0 Å². The molecule has 8 heteroatoms. The molecule has 1 aromatic heterocycles. The van der Waals surface area contributed by atoms with Gasteiger partial charge in [0, 0.05) is 16.7 Å². The first-order valence-corrected chi connectivity index (χ1v) is 6.13. The monoisotopic (exact) mass is 339 g/mol. The van der Waals surface area contributed by atoms with Gasteiger partial charge in [-0.3, -0.25) is 14.9 Å². The zero-order valence-corrected chi connectivity index (χ0v) is 11.4. The van der Waals surface area contributed by atoms with Gasteiger partial charge in [0.25, 0.3) is 11.6 Å². The van der Waals surface area contributed by atoms with E-state index in [2.05, 4.69) is 26.2 Å². The average Bonchev–Trinajstić information content (AvgIpc) is 2.38. The van der Waals surface area contributed by atoms with Gasteiger partial charge in [0.05, 0.1) is 16.7 Å². The quantitative estimate of drug-likeness (QED) is 0.687. The fraction of sp³-hybridized carbons (Fsp3) is 0. The third-order valence-corrected chi connectivity index (χ3v) is 2.78. The first kappa shape index (κ1) is 14.1. The predicted octanol–water partition coefficient (Wildman–Crippen LogP) is 3.14. The molecule has 0 unspecified atom stereocenters. The minimum atomic E-state index is -0.807. The van der Waals surface area contributed by atoms with E-state index in [0.717, 1.165) is 18.2 Å². The van der Waals surface area contributed by atoms with Crippen LogP contribution in [0, 0.1) is 15.9 Å². The molecule has 1 heterocycles. The molecule has 2 rings (SSSR count). The van der Waals surface area contributed by atoms with E-state index in [-0.39, 0.29) is 11.4 Å². The summed E-state index contributed by atoms with van der Waals surface area (Å²) in [7, 11) is 0. The number of nitro benzene ring substituents is 1. The number of carbonyl (C=O) groups excluding carboxylic acids is 1. The summed E-state index contributed by atoms with van der Waals surface area (Å²) >= 11 is 3.18. The third kappa shape index (κ3) is 3.35. The fourth-order valence-electron chi connectivity index (χ4n) is 1.46. The minimum Gasteiger partial charge on any atom is -0.320 e. The van der Waals surface area contributed by atoms with Crippen molar-refractivity contribution in [1.29, 1.82) is 0 Å². The molecule has 20 heavy (non-hydrogen) atoms. The molecule has 0 saturated carbocycles. The Kier molecular flexibility index (Phi) is 4.04. The van der Waals surface area contributed by atoms with Crippen molar-refractivity contribution < 1.29 is 14.1 Å². The number of carbonyl (C=O) groups is 1. The van der Waals surface area contributed by atoms with E-state index in [0.29, 0.717) is 4.47 Å². The number of anilines is 1. The van der Waals surface area contributed by atoms with Crippen LogP contribution in [0.5, 0.6) is 0 Å². The van der Waals surface area contributed by atoms with Crippen LogP contribution in [-0.4, -0.2) is 15.8 Å². The van der Waals surface area contributed by atoms with Crippen molar-refractivity contribution in [2.75, 3.05) is 5.32 Å². The zero-order valence-electron chi connectivity index (χ0n) is 9.84. The van der Waals surface area contributed by atoms with Crippen molar-refractivity contribution in [3.8, 4) is 0 Å². The molecular formula is C12H7BrFN3O3. The summed E-state index contributed by atoms with van der Waals surface area (Å²) in [5.74, 6) is -1.39. The molecule has 0 atom stereocenters. The number of nitrogens with zero attached hydrogens (tertiary/aromatic N) is 2. The van der Waals surface area contributed by atoms with E-state index >= 15 is 0 Å². The normalized spacial score (nSPS) is 10.1. The highest BCUT2D eigenvalue weighted by Gasteiger charge is 2.13. The maximum Gasteiger partial charge on any atom is 0.274 e. The topological polar surface area (TPSA) is 85.1 Å². The molecular weight excluding hydrogens is 333 g/mol. The largest absolute Gasteiger partial charge is 0.320 e. The number of hydrogen-bond donors (Lipinski definition) is 1. The molecule has 0 spiro atoms. The first-order chi connectivity index (χ1) is 9.45. The second kappa shape index (κ2) is 5.74. The van der Waals surface area contributed by atoms with Gasteiger partial charge in [-0.2, -0.15) is 0 Å². The smallest absolute Gasteiger partial charge is 0.274 e. The minimum absolute atomic E-state index is 0.00795. The van der Waals surface area contributed by atoms with Crippen LogP contribution in [0.15, 0.2) is 41.0 Å². The highest BCUT2D eigenvalue weighted by atomic mass is 79.9. The van der Waals surface area contributed by atoms with Crippen LogP contribution in [0.2, 0.25) is 0 Å². The summed E-state index contributed by atoms with van der Waals surface area (Å²) in [6, 6.07) is 5.92. The molecule has 0 fully saturated rings. The van der Waals surface area contributed by atoms with Crippen LogP contribution in [0.25, 0.3) is 0 Å². The van der Waals surface area contributed by atoms with Crippen LogP contribution < -0.4 is 5.32 Å². The highest BCUT2D eigenvalue weighted by Crippen LogP contribution is 2.20. The Labute approximate surface area is 120 Å². The Morgan fingerprint density at radius 1 is 1.35 bits per heavy atom. The summed E-state index contributed by atoms with van der Waals surface area (Å²) in [4.78, 5) is 25.6. The molecule has 0 radical (unpaired) electrons. The number of benzene rings is 1. The van der Waals surface area contributed by atoms with Crippen molar-refractivity contribution >= 4 is 33.2 Å². The number of non-ortho nitro benzene ring substituents is 1. The van der Waals surface area contributed by atoms with Gasteiger partial charge in [0.2, 0.25) is 0 Å². The van der Waals surface area contributed by atoms with Crippen molar-refractivity contribution in [2.45, 2.75) is 0 Å². The zero-order chi connectivity index (χ0) is 14.7. The van der Waals surface area contributed by atoms with Gasteiger partial charge < -0.3 is 5.32 Å².